The van der Waals surface area contributed by atoms with Gasteiger partial charge < -0.3 is 24.4 Å². The number of unbranched alkanes of at least 4 members (excludes halogenated alkanes) is 5. The van der Waals surface area contributed by atoms with Gasteiger partial charge in [0.15, 0.2) is 16.6 Å². The lowest BCUT2D eigenvalue weighted by Gasteiger charge is -2.11. The molecule has 60 heavy (non-hydrogen) atoms. The number of rotatable bonds is 16. The number of hydrogen-bond donors (Lipinski definition) is 4. The third kappa shape index (κ3) is 18.6. The van der Waals surface area contributed by atoms with Crippen LogP contribution in [0.2, 0.25) is 10.2 Å². The summed E-state index contributed by atoms with van der Waals surface area (Å²) in [6.07, 6.45) is 1.46. The summed E-state index contributed by atoms with van der Waals surface area (Å²) in [7, 11) is -3.01. The van der Waals surface area contributed by atoms with Gasteiger partial charge in [-0.1, -0.05) is 92.6 Å². The van der Waals surface area contributed by atoms with Gasteiger partial charge in [-0.3, -0.25) is 19.4 Å². The number of hydrogen-bond acceptors (Lipinski definition) is 11. The molecule has 0 bridgehead atoms. The number of nitrogens with zero attached hydrogens (tertiary/aromatic N) is 4. The van der Waals surface area contributed by atoms with Crippen LogP contribution in [0.1, 0.15) is 75.3 Å². The van der Waals surface area contributed by atoms with Crippen LogP contribution in [0.15, 0.2) is 53.0 Å². The fourth-order valence-corrected chi connectivity index (χ4v) is 7.04. The molecule has 0 unspecified atom stereocenters. The number of thioether (sulfide) groups is 1. The normalized spacial score (nSPS) is 11.3. The van der Waals surface area contributed by atoms with Gasteiger partial charge in [0, 0.05) is 30.0 Å². The van der Waals surface area contributed by atoms with Crippen LogP contribution in [0.3, 0.4) is 0 Å². The van der Waals surface area contributed by atoms with Crippen molar-refractivity contribution in [3.8, 4) is 28.3 Å². The minimum atomic E-state index is -4.69. The Morgan fingerprint density at radius 3 is 2.20 bits per heavy atom. The van der Waals surface area contributed by atoms with E-state index in [1.807, 2.05) is 30.3 Å². The molecule has 23 heteroatoms. The van der Waals surface area contributed by atoms with Crippen molar-refractivity contribution >= 4 is 75.7 Å². The van der Waals surface area contributed by atoms with Crippen molar-refractivity contribution in [1.82, 2.24) is 25.3 Å². The van der Waals surface area contributed by atoms with Crippen LogP contribution in [-0.4, -0.2) is 76.8 Å². The highest BCUT2D eigenvalue weighted by atomic mass is 79.9. The summed E-state index contributed by atoms with van der Waals surface area (Å²) in [6.45, 7) is 4.99. The molecule has 0 saturated heterocycles. The Balaban J connectivity index is 0.000000339. The number of alkyl halides is 3. The molecule has 14 nitrogen and oxygen atoms in total. The first-order valence-electron chi connectivity index (χ1n) is 18.0. The molecule has 0 aliphatic heterocycles. The molecule has 0 atom stereocenters. The second-order valence-electron chi connectivity index (χ2n) is 12.8. The third-order valence-electron chi connectivity index (χ3n) is 7.41. The lowest BCUT2D eigenvalue weighted by molar-refractivity contribution is -0.144. The summed E-state index contributed by atoms with van der Waals surface area (Å²) in [5, 5.41) is 21.3. The summed E-state index contributed by atoms with van der Waals surface area (Å²) in [6, 6.07) is 12.9. The Hall–Kier alpha value is -3.62. The Morgan fingerprint density at radius 1 is 1.00 bits per heavy atom. The molecule has 2 heterocycles. The maximum absolute atomic E-state index is 14.3. The van der Waals surface area contributed by atoms with Gasteiger partial charge in [0.25, 0.3) is 0 Å². The second-order valence-corrected chi connectivity index (χ2v) is 17.0. The lowest BCUT2D eigenvalue weighted by Crippen LogP contribution is -2.23. The van der Waals surface area contributed by atoms with Crippen molar-refractivity contribution in [2.75, 3.05) is 18.6 Å². The second kappa shape index (κ2) is 25.3. The molecule has 4 rings (SSSR count). The zero-order valence-corrected chi connectivity index (χ0v) is 37.5. The highest BCUT2D eigenvalue weighted by molar-refractivity contribution is 9.10. The fourth-order valence-electron chi connectivity index (χ4n) is 4.83. The zero-order chi connectivity index (χ0) is 45.2. The zero-order valence-electron chi connectivity index (χ0n) is 32.6. The van der Waals surface area contributed by atoms with Crippen LogP contribution in [0.4, 0.5) is 22.4 Å². The first-order chi connectivity index (χ1) is 28.0. The molecule has 4 aromatic rings. The number of carboxylic acid groups (broad SMARTS) is 1. The number of aromatic nitrogens is 4. The Labute approximate surface area is 366 Å². The van der Waals surface area contributed by atoms with Gasteiger partial charge in [0.1, 0.15) is 17.2 Å². The van der Waals surface area contributed by atoms with E-state index in [2.05, 4.69) is 43.5 Å². The van der Waals surface area contributed by atoms with Crippen molar-refractivity contribution in [3.63, 3.8) is 0 Å². The molecule has 0 aliphatic rings. The first kappa shape index (κ1) is 52.5. The number of carbonyl (C=O) groups excluding carboxylic acids is 2. The quantitative estimate of drug-likeness (QED) is 0.0357. The van der Waals surface area contributed by atoms with Crippen LogP contribution in [-0.2, 0) is 27.3 Å². The standard InChI is InChI=1S/C19H23ClN2O2S.C15H12BrClF4N2O2.C3H8NO5P/c1-2-3-4-5-6-10-13-25-19(23)24-16-14-17(20)21-22-18(16)15-11-8-7-9-12-15;1-6(2)25-14(24)7-4-8(10(18)5-9(7)17)12-11(16)13(15(19,20)21)23(3)22-12;5-3(6)1-4-2-10(7,8)9/h7-9,11-12,14H,2-6,10,13H2,1H3;4-6H,1-3H3;4H,1-2H2,(H,5,6)(H2,7,8,9). The third-order valence-corrected chi connectivity index (χ3v) is 10.1. The summed E-state index contributed by atoms with van der Waals surface area (Å²) in [4.78, 5) is 50.3. The van der Waals surface area contributed by atoms with Crippen LogP contribution < -0.4 is 10.1 Å². The monoisotopic (exact) mass is 989 g/mol. The van der Waals surface area contributed by atoms with E-state index in [0.717, 1.165) is 43.3 Å². The maximum Gasteiger partial charge on any atom is 0.434 e. The van der Waals surface area contributed by atoms with Gasteiger partial charge >= 0.3 is 31.0 Å². The largest absolute Gasteiger partial charge is 0.480 e. The lowest BCUT2D eigenvalue weighted by atomic mass is 10.1. The van der Waals surface area contributed by atoms with Gasteiger partial charge in [-0.2, -0.15) is 18.3 Å². The molecule has 2 aromatic carbocycles. The Bertz CT molecular complexity index is 2100. The molecule has 0 saturated carbocycles. The molecule has 0 spiro atoms. The summed E-state index contributed by atoms with van der Waals surface area (Å²) >= 11 is 15.8. The van der Waals surface area contributed by atoms with Gasteiger partial charge in [-0.05, 0) is 60.1 Å². The number of halogens is 7. The predicted octanol–water partition coefficient (Wildman–Crippen LogP) is 10.4. The van der Waals surface area contributed by atoms with E-state index in [0.29, 0.717) is 16.1 Å². The smallest absolute Gasteiger partial charge is 0.434 e. The van der Waals surface area contributed by atoms with Crippen LogP contribution >= 0.6 is 58.5 Å². The highest BCUT2D eigenvalue weighted by Crippen LogP contribution is 2.41. The van der Waals surface area contributed by atoms with Crippen molar-refractivity contribution in [3.05, 3.63) is 80.3 Å². The number of esters is 1. The molecule has 0 aliphatic carbocycles. The molecule has 330 valence electrons. The molecule has 0 fully saturated rings. The Morgan fingerprint density at radius 2 is 1.63 bits per heavy atom. The van der Waals surface area contributed by atoms with Crippen molar-refractivity contribution < 1.29 is 60.9 Å². The number of aliphatic carboxylic acids is 1. The van der Waals surface area contributed by atoms with Gasteiger partial charge in [0.05, 0.1) is 34.0 Å². The number of aryl methyl sites for hydroxylation is 1. The summed E-state index contributed by atoms with van der Waals surface area (Å²) in [5.41, 5.74) is -0.518. The predicted molar refractivity (Wildman–Crippen MR) is 224 cm³/mol. The van der Waals surface area contributed by atoms with Gasteiger partial charge in [-0.25, -0.2) is 14.0 Å². The summed E-state index contributed by atoms with van der Waals surface area (Å²) < 4.78 is 74.2. The number of ether oxygens (including phenoxy) is 2. The SMILES string of the molecule is CC(C)OC(=O)c1cc(-c2nn(C)c(C(F)(F)F)c2Br)c(F)cc1Cl.CCCCCCCCSC(=O)Oc1cc(Cl)nnc1-c1ccccc1.O=C(O)CNCP(=O)(O)O. The summed E-state index contributed by atoms with van der Waals surface area (Å²) in [5.74, 6) is -1.78. The fraction of sp³-hybridized carbons (Fsp3) is 0.405. The average molecular weight is 992 g/mol. The van der Waals surface area contributed by atoms with E-state index < -0.39 is 60.6 Å². The van der Waals surface area contributed by atoms with E-state index in [-0.39, 0.29) is 32.3 Å². The molecule has 4 N–H and O–H groups in total. The van der Waals surface area contributed by atoms with Crippen LogP contribution in [0, 0.1) is 5.82 Å². The van der Waals surface area contributed by atoms with Crippen LogP contribution in [0.25, 0.3) is 22.5 Å². The average Bonchev–Trinajstić information content (AvgIpc) is 3.44. The number of nitrogens with one attached hydrogen (secondary N) is 1. The van der Waals surface area contributed by atoms with E-state index in [1.54, 1.807) is 13.8 Å². The van der Waals surface area contributed by atoms with E-state index >= 15 is 0 Å². The molecule has 2 aromatic heterocycles. The minimum absolute atomic E-state index is 0.169. The van der Waals surface area contributed by atoms with E-state index in [1.165, 1.54) is 43.5 Å². The first-order valence-corrected chi connectivity index (χ1v) is 22.3. The van der Waals surface area contributed by atoms with Crippen LogP contribution in [0.5, 0.6) is 5.75 Å². The van der Waals surface area contributed by atoms with E-state index in [9.17, 15) is 36.5 Å². The molecule has 0 amide bonds. The topological polar surface area (TPSA) is 203 Å². The highest BCUT2D eigenvalue weighted by Gasteiger charge is 2.39. The van der Waals surface area contributed by atoms with Crippen molar-refractivity contribution in [2.45, 2.75) is 71.6 Å². The molecule has 0 radical (unpaired) electrons. The maximum atomic E-state index is 14.3. The van der Waals surface area contributed by atoms with Gasteiger partial charge in [0.2, 0.25) is 0 Å². The van der Waals surface area contributed by atoms with Crippen molar-refractivity contribution in [1.29, 1.82) is 0 Å². The van der Waals surface area contributed by atoms with E-state index in [4.69, 9.17) is 47.6 Å². The number of carbonyl (C=O) groups is 3. The van der Waals surface area contributed by atoms with Gasteiger partial charge in [-0.15, -0.1) is 10.2 Å². The number of carboxylic acids is 1. The number of benzene rings is 2. The minimum Gasteiger partial charge on any atom is -0.480 e. The van der Waals surface area contributed by atoms with Crippen molar-refractivity contribution in [2.24, 2.45) is 7.05 Å². The molecular weight excluding hydrogens is 948 g/mol. The Kier molecular flexibility index (Phi) is 22.2. The molecular formula is C37H43BrCl2F4N5O9PS.